The van der Waals surface area contributed by atoms with Gasteiger partial charge in [0.25, 0.3) is 0 Å². The number of hydrogen-bond acceptors (Lipinski definition) is 1. The maximum absolute atomic E-state index is 13.1. The minimum atomic E-state index is -0.300. The lowest BCUT2D eigenvalue weighted by Gasteiger charge is -2.19. The third-order valence-corrected chi connectivity index (χ3v) is 3.40. The summed E-state index contributed by atoms with van der Waals surface area (Å²) in [6.45, 7) is 0. The average molecular weight is 264 g/mol. The summed E-state index contributed by atoms with van der Waals surface area (Å²) in [5, 5.41) is 0.429. The first-order valence-corrected chi connectivity index (χ1v) is 5.76. The quantitative estimate of drug-likeness (QED) is 0.855. The second-order valence-electron chi connectivity index (χ2n) is 4.27. The van der Waals surface area contributed by atoms with Crippen LogP contribution in [-0.4, -0.2) is 0 Å². The molecule has 1 fully saturated rings. The van der Waals surface area contributed by atoms with E-state index in [9.17, 15) is 4.39 Å². The van der Waals surface area contributed by atoms with Crippen molar-refractivity contribution < 1.29 is 4.39 Å². The van der Waals surface area contributed by atoms with Gasteiger partial charge in [-0.3, -0.25) is 0 Å². The number of nitrogens with two attached hydrogens (primary N) is 1. The molecule has 2 rings (SSSR count). The molecule has 1 saturated carbocycles. The second-order valence-corrected chi connectivity index (χ2v) is 4.71. The number of benzene rings is 1. The maximum atomic E-state index is 13.1. The van der Waals surface area contributed by atoms with Crippen LogP contribution in [0.25, 0.3) is 0 Å². The molecular weight excluding hydrogens is 248 g/mol. The van der Waals surface area contributed by atoms with Crippen molar-refractivity contribution in [3.63, 3.8) is 0 Å². The van der Waals surface area contributed by atoms with Gasteiger partial charge in [0.15, 0.2) is 0 Å². The van der Waals surface area contributed by atoms with E-state index in [1.165, 1.54) is 25.0 Å². The SMILES string of the molecule is Cl.N[C@H](c1cc(F)cc(Cl)c1)C1CCCC1. The summed E-state index contributed by atoms with van der Waals surface area (Å²) in [5.74, 6) is 0.189. The summed E-state index contributed by atoms with van der Waals surface area (Å²) in [7, 11) is 0. The molecule has 0 bridgehead atoms. The Labute approximate surface area is 107 Å². The molecule has 1 aromatic rings. The first-order valence-electron chi connectivity index (χ1n) is 5.38. The zero-order valence-corrected chi connectivity index (χ0v) is 10.5. The summed E-state index contributed by atoms with van der Waals surface area (Å²) in [5.41, 5.74) is 6.94. The molecule has 0 amide bonds. The molecule has 0 aromatic heterocycles. The molecule has 16 heavy (non-hydrogen) atoms. The number of hydrogen-bond donors (Lipinski definition) is 1. The molecule has 0 aliphatic heterocycles. The van der Waals surface area contributed by atoms with Crippen LogP contribution in [0.2, 0.25) is 5.02 Å². The molecule has 0 unspecified atom stereocenters. The van der Waals surface area contributed by atoms with Crippen LogP contribution in [0.15, 0.2) is 18.2 Å². The van der Waals surface area contributed by atoms with Crippen LogP contribution < -0.4 is 5.73 Å². The van der Waals surface area contributed by atoms with Crippen molar-refractivity contribution in [1.82, 2.24) is 0 Å². The van der Waals surface area contributed by atoms with Crippen molar-refractivity contribution >= 4 is 24.0 Å². The van der Waals surface area contributed by atoms with Crippen molar-refractivity contribution in [1.29, 1.82) is 0 Å². The van der Waals surface area contributed by atoms with Crippen molar-refractivity contribution in [2.24, 2.45) is 11.7 Å². The van der Waals surface area contributed by atoms with E-state index in [1.807, 2.05) is 0 Å². The highest BCUT2D eigenvalue weighted by Crippen LogP contribution is 2.34. The van der Waals surface area contributed by atoms with Gasteiger partial charge in [-0.15, -0.1) is 12.4 Å². The third-order valence-electron chi connectivity index (χ3n) is 3.18. The van der Waals surface area contributed by atoms with Crippen LogP contribution in [0.3, 0.4) is 0 Å². The summed E-state index contributed by atoms with van der Waals surface area (Å²) in [6.07, 6.45) is 4.77. The number of rotatable bonds is 2. The Balaban J connectivity index is 0.00000128. The molecule has 0 saturated heterocycles. The highest BCUT2D eigenvalue weighted by Gasteiger charge is 2.23. The Morgan fingerprint density at radius 2 is 1.88 bits per heavy atom. The minimum absolute atomic E-state index is 0. The van der Waals surface area contributed by atoms with Crippen LogP contribution in [0.4, 0.5) is 4.39 Å². The molecule has 1 aliphatic rings. The Bertz CT molecular complexity index is 331. The van der Waals surface area contributed by atoms with E-state index in [-0.39, 0.29) is 24.3 Å². The van der Waals surface area contributed by atoms with E-state index >= 15 is 0 Å². The largest absolute Gasteiger partial charge is 0.324 e. The van der Waals surface area contributed by atoms with Gasteiger partial charge in [-0.25, -0.2) is 4.39 Å². The van der Waals surface area contributed by atoms with Gasteiger partial charge in [-0.2, -0.15) is 0 Å². The molecule has 4 heteroatoms. The van der Waals surface area contributed by atoms with Crippen LogP contribution in [0.5, 0.6) is 0 Å². The van der Waals surface area contributed by atoms with Crippen molar-refractivity contribution in [2.75, 3.05) is 0 Å². The average Bonchev–Trinajstić information content (AvgIpc) is 2.67. The monoisotopic (exact) mass is 263 g/mol. The Kier molecular flexibility index (Phi) is 5.03. The van der Waals surface area contributed by atoms with Crippen LogP contribution in [0.1, 0.15) is 37.3 Å². The van der Waals surface area contributed by atoms with Crippen molar-refractivity contribution in [3.8, 4) is 0 Å². The molecule has 2 N–H and O–H groups in total. The van der Waals surface area contributed by atoms with Gasteiger partial charge in [0, 0.05) is 11.1 Å². The minimum Gasteiger partial charge on any atom is -0.324 e. The predicted octanol–water partition coefficient (Wildman–Crippen LogP) is 4.09. The lowest BCUT2D eigenvalue weighted by molar-refractivity contribution is 0.443. The fourth-order valence-corrected chi connectivity index (χ4v) is 2.59. The smallest absolute Gasteiger partial charge is 0.125 e. The zero-order chi connectivity index (χ0) is 10.8. The first kappa shape index (κ1) is 13.8. The normalized spacial score (nSPS) is 18.2. The van der Waals surface area contributed by atoms with Gasteiger partial charge in [-0.1, -0.05) is 24.4 Å². The van der Waals surface area contributed by atoms with Gasteiger partial charge in [0.05, 0.1) is 0 Å². The Morgan fingerprint density at radius 3 is 2.44 bits per heavy atom. The van der Waals surface area contributed by atoms with Crippen LogP contribution in [0, 0.1) is 11.7 Å². The van der Waals surface area contributed by atoms with Crippen molar-refractivity contribution in [2.45, 2.75) is 31.7 Å². The molecule has 0 spiro atoms. The second kappa shape index (κ2) is 5.85. The zero-order valence-electron chi connectivity index (χ0n) is 8.96. The summed E-state index contributed by atoms with van der Waals surface area (Å²) >= 11 is 5.81. The summed E-state index contributed by atoms with van der Waals surface area (Å²) in [6, 6.07) is 4.51. The molecule has 1 nitrogen and oxygen atoms in total. The van der Waals surface area contributed by atoms with E-state index < -0.39 is 0 Å². The first-order chi connectivity index (χ1) is 7.16. The fourth-order valence-electron chi connectivity index (χ4n) is 2.36. The standard InChI is InChI=1S/C12H15ClFN.ClH/c13-10-5-9(6-11(14)7-10)12(15)8-3-1-2-4-8;/h5-8,12H,1-4,15H2;1H/t12-;/m0./s1. The van der Waals surface area contributed by atoms with Crippen LogP contribution >= 0.6 is 24.0 Å². The van der Waals surface area contributed by atoms with Crippen LogP contribution in [-0.2, 0) is 0 Å². The molecule has 0 radical (unpaired) electrons. The highest BCUT2D eigenvalue weighted by molar-refractivity contribution is 6.30. The third kappa shape index (κ3) is 3.09. The highest BCUT2D eigenvalue weighted by atomic mass is 35.5. The van der Waals surface area contributed by atoms with E-state index in [0.717, 1.165) is 18.4 Å². The fraction of sp³-hybridized carbons (Fsp3) is 0.500. The lowest BCUT2D eigenvalue weighted by Crippen LogP contribution is -2.19. The Morgan fingerprint density at radius 1 is 1.25 bits per heavy atom. The van der Waals surface area contributed by atoms with E-state index in [4.69, 9.17) is 17.3 Å². The van der Waals surface area contributed by atoms with E-state index in [1.54, 1.807) is 6.07 Å². The maximum Gasteiger partial charge on any atom is 0.125 e. The molecule has 1 aromatic carbocycles. The van der Waals surface area contributed by atoms with Gasteiger partial charge in [-0.05, 0) is 42.5 Å². The van der Waals surface area contributed by atoms with E-state index in [2.05, 4.69) is 0 Å². The summed E-state index contributed by atoms with van der Waals surface area (Å²) < 4.78 is 13.1. The van der Waals surface area contributed by atoms with Crippen molar-refractivity contribution in [3.05, 3.63) is 34.6 Å². The van der Waals surface area contributed by atoms with Gasteiger partial charge >= 0.3 is 0 Å². The number of halogens is 3. The molecule has 1 aliphatic carbocycles. The van der Waals surface area contributed by atoms with Gasteiger partial charge in [0.2, 0.25) is 0 Å². The summed E-state index contributed by atoms with van der Waals surface area (Å²) in [4.78, 5) is 0. The van der Waals surface area contributed by atoms with Gasteiger partial charge < -0.3 is 5.73 Å². The molecule has 0 heterocycles. The predicted molar refractivity (Wildman–Crippen MR) is 67.5 cm³/mol. The lowest BCUT2D eigenvalue weighted by atomic mass is 9.92. The van der Waals surface area contributed by atoms with Gasteiger partial charge in [0.1, 0.15) is 5.82 Å². The topological polar surface area (TPSA) is 26.0 Å². The molecule has 1 atom stereocenters. The molecule has 90 valence electrons. The molecular formula is C12H16Cl2FN. The Hall–Kier alpha value is -0.310. The van der Waals surface area contributed by atoms with E-state index in [0.29, 0.717) is 10.9 Å².